The van der Waals surface area contributed by atoms with Crippen molar-refractivity contribution in [2.24, 2.45) is 5.92 Å². The second-order valence-electron chi connectivity index (χ2n) is 6.07. The Bertz CT molecular complexity index is 450. The second-order valence-corrected chi connectivity index (χ2v) is 6.48. The Morgan fingerprint density at radius 3 is 2.67 bits per heavy atom. The zero-order valence-corrected chi connectivity index (χ0v) is 11.4. The fourth-order valence-corrected chi connectivity index (χ4v) is 3.65. The van der Waals surface area contributed by atoms with Crippen molar-refractivity contribution >= 4 is 11.6 Å². The van der Waals surface area contributed by atoms with Gasteiger partial charge in [0.1, 0.15) is 5.82 Å². The Kier molecular flexibility index (Phi) is 3.11. The van der Waals surface area contributed by atoms with Crippen LogP contribution in [-0.4, -0.2) is 12.6 Å². The highest BCUT2D eigenvalue weighted by atomic mass is 35.5. The summed E-state index contributed by atoms with van der Waals surface area (Å²) < 4.78 is 13.2. The van der Waals surface area contributed by atoms with Gasteiger partial charge >= 0.3 is 0 Å². The Hall–Kier alpha value is -0.600. The highest BCUT2D eigenvalue weighted by molar-refractivity contribution is 6.31. The number of rotatable bonds is 4. The van der Waals surface area contributed by atoms with Crippen molar-refractivity contribution in [3.8, 4) is 0 Å². The van der Waals surface area contributed by atoms with Gasteiger partial charge in [0.2, 0.25) is 0 Å². The molecular formula is C15H19ClFN. The highest BCUT2D eigenvalue weighted by Crippen LogP contribution is 2.49. The van der Waals surface area contributed by atoms with Crippen LogP contribution in [-0.2, 0) is 5.41 Å². The smallest absolute Gasteiger partial charge is 0.124 e. The Balaban J connectivity index is 1.83. The molecule has 0 aromatic heterocycles. The van der Waals surface area contributed by atoms with Crippen molar-refractivity contribution in [3.63, 3.8) is 0 Å². The summed E-state index contributed by atoms with van der Waals surface area (Å²) in [4.78, 5) is 0. The minimum atomic E-state index is -0.249. The van der Waals surface area contributed by atoms with Crippen molar-refractivity contribution in [1.29, 1.82) is 0 Å². The van der Waals surface area contributed by atoms with Crippen LogP contribution in [0.3, 0.4) is 0 Å². The molecule has 0 amide bonds. The van der Waals surface area contributed by atoms with Gasteiger partial charge in [-0.2, -0.15) is 0 Å². The molecule has 1 nitrogen and oxygen atoms in total. The normalized spacial score (nSPS) is 31.2. The summed E-state index contributed by atoms with van der Waals surface area (Å²) in [6.45, 7) is 3.25. The third-order valence-electron chi connectivity index (χ3n) is 4.29. The molecule has 18 heavy (non-hydrogen) atoms. The maximum Gasteiger partial charge on any atom is 0.124 e. The molecule has 2 aliphatic rings. The van der Waals surface area contributed by atoms with Crippen LogP contribution in [0.1, 0.15) is 38.2 Å². The molecule has 3 heteroatoms. The summed E-state index contributed by atoms with van der Waals surface area (Å²) >= 11 is 6.24. The summed E-state index contributed by atoms with van der Waals surface area (Å²) in [6.07, 6.45) is 4.89. The Morgan fingerprint density at radius 1 is 1.39 bits per heavy atom. The van der Waals surface area contributed by atoms with Crippen LogP contribution >= 0.6 is 11.6 Å². The van der Waals surface area contributed by atoms with Gasteiger partial charge in [-0.25, -0.2) is 4.39 Å². The quantitative estimate of drug-likeness (QED) is 0.872. The number of hydrogen-bond acceptors (Lipinski definition) is 1. The molecule has 98 valence electrons. The van der Waals surface area contributed by atoms with Gasteiger partial charge in [0.25, 0.3) is 0 Å². The SMILES string of the molecule is CC1CC(CNC2CC2)(c2ccc(F)cc2Cl)C1. The van der Waals surface area contributed by atoms with E-state index >= 15 is 0 Å². The third kappa shape index (κ3) is 2.28. The first-order chi connectivity index (χ1) is 8.59. The molecule has 0 unspecified atom stereocenters. The van der Waals surface area contributed by atoms with E-state index in [0.29, 0.717) is 11.1 Å². The largest absolute Gasteiger partial charge is 0.313 e. The molecule has 1 N–H and O–H groups in total. The minimum absolute atomic E-state index is 0.132. The lowest BCUT2D eigenvalue weighted by Gasteiger charge is -2.48. The molecule has 2 saturated carbocycles. The summed E-state index contributed by atoms with van der Waals surface area (Å²) in [5.74, 6) is 0.494. The molecule has 2 aliphatic carbocycles. The first kappa shape index (κ1) is 12.4. The molecule has 0 spiro atoms. The Morgan fingerprint density at radius 2 is 2.11 bits per heavy atom. The first-order valence-electron chi connectivity index (χ1n) is 6.78. The predicted molar refractivity (Wildman–Crippen MR) is 72.5 cm³/mol. The molecule has 0 radical (unpaired) electrons. The van der Waals surface area contributed by atoms with Crippen molar-refractivity contribution in [2.75, 3.05) is 6.54 Å². The summed E-state index contributed by atoms with van der Waals surface area (Å²) in [6, 6.07) is 5.55. The van der Waals surface area contributed by atoms with Crippen LogP contribution < -0.4 is 5.32 Å². The summed E-state index contributed by atoms with van der Waals surface area (Å²) in [7, 11) is 0. The lowest BCUT2D eigenvalue weighted by Crippen LogP contribution is -2.48. The fourth-order valence-electron chi connectivity index (χ4n) is 3.28. The highest BCUT2D eigenvalue weighted by Gasteiger charge is 2.45. The second kappa shape index (κ2) is 4.50. The third-order valence-corrected chi connectivity index (χ3v) is 4.60. The van der Waals surface area contributed by atoms with Crippen LogP contribution in [0.5, 0.6) is 0 Å². The van der Waals surface area contributed by atoms with Crippen molar-refractivity contribution in [2.45, 2.75) is 44.1 Å². The van der Waals surface area contributed by atoms with Crippen LogP contribution in [0.2, 0.25) is 5.02 Å². The van der Waals surface area contributed by atoms with Crippen LogP contribution in [0.4, 0.5) is 4.39 Å². The molecule has 2 fully saturated rings. The molecule has 1 aromatic carbocycles. The lowest BCUT2D eigenvalue weighted by atomic mass is 9.59. The standard InChI is InChI=1S/C15H19ClFN/c1-10-7-15(8-10,9-18-12-3-4-12)13-5-2-11(17)6-14(13)16/h2,5-6,10,12,18H,3-4,7-9H2,1H3. The van der Waals surface area contributed by atoms with Crippen molar-refractivity contribution in [1.82, 2.24) is 5.32 Å². The molecule has 0 saturated heterocycles. The maximum absolute atomic E-state index is 13.2. The van der Waals surface area contributed by atoms with Crippen LogP contribution in [0.25, 0.3) is 0 Å². The van der Waals surface area contributed by atoms with E-state index in [-0.39, 0.29) is 11.2 Å². The van der Waals surface area contributed by atoms with Gasteiger partial charge in [0.05, 0.1) is 0 Å². The van der Waals surface area contributed by atoms with Gasteiger partial charge in [-0.3, -0.25) is 0 Å². The van der Waals surface area contributed by atoms with Gasteiger partial charge in [-0.15, -0.1) is 0 Å². The molecule has 1 aromatic rings. The number of halogens is 2. The summed E-state index contributed by atoms with van der Waals surface area (Å²) in [5.41, 5.74) is 1.25. The molecular weight excluding hydrogens is 249 g/mol. The van der Waals surface area contributed by atoms with Crippen LogP contribution in [0, 0.1) is 11.7 Å². The summed E-state index contributed by atoms with van der Waals surface area (Å²) in [5, 5.41) is 4.19. The van der Waals surface area contributed by atoms with E-state index in [1.807, 2.05) is 6.07 Å². The van der Waals surface area contributed by atoms with Gasteiger partial charge in [0, 0.05) is 23.0 Å². The Labute approximate surface area is 113 Å². The van der Waals surface area contributed by atoms with E-state index < -0.39 is 0 Å². The number of hydrogen-bond donors (Lipinski definition) is 1. The number of nitrogens with one attached hydrogen (secondary N) is 1. The first-order valence-corrected chi connectivity index (χ1v) is 7.16. The van der Waals surface area contributed by atoms with Crippen molar-refractivity contribution in [3.05, 3.63) is 34.6 Å². The maximum atomic E-state index is 13.2. The molecule has 3 rings (SSSR count). The van der Waals surface area contributed by atoms with E-state index in [4.69, 9.17) is 11.6 Å². The fraction of sp³-hybridized carbons (Fsp3) is 0.600. The zero-order chi connectivity index (χ0) is 12.8. The lowest BCUT2D eigenvalue weighted by molar-refractivity contribution is 0.152. The van der Waals surface area contributed by atoms with E-state index in [1.54, 1.807) is 0 Å². The van der Waals surface area contributed by atoms with E-state index in [1.165, 1.54) is 25.0 Å². The molecule has 0 atom stereocenters. The van der Waals surface area contributed by atoms with Crippen molar-refractivity contribution < 1.29 is 4.39 Å². The number of benzene rings is 1. The molecule has 0 aliphatic heterocycles. The predicted octanol–water partition coefficient (Wildman–Crippen LogP) is 3.90. The molecule has 0 heterocycles. The van der Waals surface area contributed by atoms with Crippen LogP contribution in [0.15, 0.2) is 18.2 Å². The van der Waals surface area contributed by atoms with Gasteiger partial charge in [-0.05, 0) is 49.3 Å². The van der Waals surface area contributed by atoms with E-state index in [9.17, 15) is 4.39 Å². The van der Waals surface area contributed by atoms with E-state index in [0.717, 1.165) is 30.9 Å². The average molecular weight is 268 g/mol. The monoisotopic (exact) mass is 267 g/mol. The minimum Gasteiger partial charge on any atom is -0.313 e. The van der Waals surface area contributed by atoms with Gasteiger partial charge in [0.15, 0.2) is 0 Å². The zero-order valence-electron chi connectivity index (χ0n) is 10.7. The molecule has 0 bridgehead atoms. The van der Waals surface area contributed by atoms with E-state index in [2.05, 4.69) is 12.2 Å². The van der Waals surface area contributed by atoms with Gasteiger partial charge in [-0.1, -0.05) is 24.6 Å². The average Bonchev–Trinajstić information content (AvgIpc) is 3.07. The van der Waals surface area contributed by atoms with Gasteiger partial charge < -0.3 is 5.32 Å². The topological polar surface area (TPSA) is 12.0 Å².